The van der Waals surface area contributed by atoms with Gasteiger partial charge in [-0.3, -0.25) is 0 Å². The average Bonchev–Trinajstić information content (AvgIpc) is 2.82. The average molecular weight is 222 g/mol. The van der Waals surface area contributed by atoms with Gasteiger partial charge in [0.2, 0.25) is 0 Å². The molecule has 0 aromatic heterocycles. The van der Waals surface area contributed by atoms with E-state index in [-0.39, 0.29) is 0 Å². The topological polar surface area (TPSA) is 0 Å². The van der Waals surface area contributed by atoms with Crippen LogP contribution in [0.3, 0.4) is 0 Å². The van der Waals surface area contributed by atoms with Crippen molar-refractivity contribution in [1.29, 1.82) is 0 Å². The molecule has 0 heteroatoms. The van der Waals surface area contributed by atoms with Crippen molar-refractivity contribution in [2.24, 2.45) is 0 Å². The normalized spacial score (nSPS) is 11.8. The van der Waals surface area contributed by atoms with Crippen molar-refractivity contribution in [2.75, 3.05) is 0 Å². The van der Waals surface area contributed by atoms with E-state index in [9.17, 15) is 0 Å². The number of hydrogen-bond donors (Lipinski definition) is 0. The lowest BCUT2D eigenvalue weighted by atomic mass is 10.1. The second-order valence-electron chi connectivity index (χ2n) is 2.72. The van der Waals surface area contributed by atoms with Crippen LogP contribution in [0.15, 0.2) is 49.1 Å². The number of allylic oxidation sites excluding steroid dienone is 5. The summed E-state index contributed by atoms with van der Waals surface area (Å²) in [5.41, 5.74) is 2.79. The lowest BCUT2D eigenvalue weighted by Gasteiger charge is -1.92. The second kappa shape index (κ2) is 19.5. The quantitative estimate of drug-likeness (QED) is 0.496. The Kier molecular flexibility index (Phi) is 24.9. The van der Waals surface area contributed by atoms with E-state index in [1.165, 1.54) is 30.4 Å². The van der Waals surface area contributed by atoms with Crippen molar-refractivity contribution in [2.45, 2.75) is 53.9 Å². The Morgan fingerprint density at radius 1 is 0.812 bits per heavy atom. The summed E-state index contributed by atoms with van der Waals surface area (Å²) < 4.78 is 0. The Balaban J connectivity index is -0.000000206. The fraction of sp³-hybridized carbons (Fsp3) is 0.500. The molecule has 0 radical (unpaired) electrons. The molecule has 0 amide bonds. The molecular weight excluding hydrogens is 192 g/mol. The molecule has 0 heterocycles. The molecule has 0 aromatic rings. The summed E-state index contributed by atoms with van der Waals surface area (Å²) in [4.78, 5) is 0. The summed E-state index contributed by atoms with van der Waals surface area (Å²) in [6, 6.07) is 0. The molecule has 16 heavy (non-hydrogen) atoms. The standard InChI is InChI=1S/C9H12.C3H6.2C2H6/c1-3-8-6-5-7-9(8)4-2;1-3-2;2*1-2/h3-4H,1-2,5-7H2;3H,1H2,2H3;2*1-2H3. The summed E-state index contributed by atoms with van der Waals surface area (Å²) in [6.45, 7) is 20.7. The van der Waals surface area contributed by atoms with Gasteiger partial charge in [0.15, 0.2) is 0 Å². The van der Waals surface area contributed by atoms with Gasteiger partial charge >= 0.3 is 0 Å². The van der Waals surface area contributed by atoms with Gasteiger partial charge in [0.25, 0.3) is 0 Å². The van der Waals surface area contributed by atoms with Crippen LogP contribution < -0.4 is 0 Å². The van der Waals surface area contributed by atoms with Gasteiger partial charge in [0, 0.05) is 0 Å². The third kappa shape index (κ3) is 11.0. The summed E-state index contributed by atoms with van der Waals surface area (Å²) >= 11 is 0. The molecule has 0 bridgehead atoms. The van der Waals surface area contributed by atoms with E-state index >= 15 is 0 Å². The van der Waals surface area contributed by atoms with Crippen LogP contribution in [0.5, 0.6) is 0 Å². The van der Waals surface area contributed by atoms with Gasteiger partial charge in [-0.1, -0.05) is 59.1 Å². The predicted molar refractivity (Wildman–Crippen MR) is 79.8 cm³/mol. The predicted octanol–water partition coefficient (Wildman–Crippen LogP) is 6.08. The SMILES string of the molecule is C=CC.C=CC1=C(C=C)CCC1.CC.CC. The zero-order valence-electron chi connectivity index (χ0n) is 12.0. The van der Waals surface area contributed by atoms with E-state index in [0.717, 1.165) is 0 Å². The minimum atomic E-state index is 1.20. The minimum Gasteiger partial charge on any atom is -0.103 e. The molecule has 0 unspecified atom stereocenters. The van der Waals surface area contributed by atoms with E-state index in [0.29, 0.717) is 0 Å². The monoisotopic (exact) mass is 222 g/mol. The molecule has 0 spiro atoms. The van der Waals surface area contributed by atoms with Crippen LogP contribution in [0.25, 0.3) is 0 Å². The van der Waals surface area contributed by atoms with Crippen LogP contribution in [0.4, 0.5) is 0 Å². The summed E-state index contributed by atoms with van der Waals surface area (Å²) in [6.07, 6.45) is 9.33. The maximum absolute atomic E-state index is 3.74. The van der Waals surface area contributed by atoms with Crippen molar-refractivity contribution in [3.05, 3.63) is 49.1 Å². The fourth-order valence-corrected chi connectivity index (χ4v) is 1.26. The van der Waals surface area contributed by atoms with Crippen LogP contribution in [-0.4, -0.2) is 0 Å². The first-order valence-corrected chi connectivity index (χ1v) is 6.34. The molecule has 0 nitrogen and oxygen atoms in total. The lowest BCUT2D eigenvalue weighted by Crippen LogP contribution is -1.71. The van der Waals surface area contributed by atoms with Crippen molar-refractivity contribution in [3.63, 3.8) is 0 Å². The molecule has 0 fully saturated rings. The molecular formula is C16H30. The van der Waals surface area contributed by atoms with Gasteiger partial charge in [-0.15, -0.1) is 6.58 Å². The van der Waals surface area contributed by atoms with Crippen molar-refractivity contribution < 1.29 is 0 Å². The molecule has 0 saturated carbocycles. The Morgan fingerprint density at radius 2 is 1.06 bits per heavy atom. The highest BCUT2D eigenvalue weighted by atomic mass is 14.1. The van der Waals surface area contributed by atoms with Crippen LogP contribution in [0.1, 0.15) is 53.9 Å². The summed E-state index contributed by atoms with van der Waals surface area (Å²) in [5, 5.41) is 0. The highest BCUT2D eigenvalue weighted by Crippen LogP contribution is 2.26. The lowest BCUT2D eigenvalue weighted by molar-refractivity contribution is 0.907. The summed E-state index contributed by atoms with van der Waals surface area (Å²) in [5.74, 6) is 0. The molecule has 0 atom stereocenters. The zero-order valence-corrected chi connectivity index (χ0v) is 12.0. The number of hydrogen-bond acceptors (Lipinski definition) is 0. The molecule has 1 aliphatic rings. The van der Waals surface area contributed by atoms with E-state index in [2.05, 4.69) is 19.7 Å². The smallest absolute Gasteiger partial charge is 0.0273 e. The van der Waals surface area contributed by atoms with E-state index < -0.39 is 0 Å². The van der Waals surface area contributed by atoms with Crippen molar-refractivity contribution >= 4 is 0 Å². The van der Waals surface area contributed by atoms with Crippen LogP contribution >= 0.6 is 0 Å². The molecule has 0 aromatic carbocycles. The van der Waals surface area contributed by atoms with Gasteiger partial charge < -0.3 is 0 Å². The maximum atomic E-state index is 3.74. The molecule has 0 saturated heterocycles. The second-order valence-corrected chi connectivity index (χ2v) is 2.72. The Morgan fingerprint density at radius 3 is 1.25 bits per heavy atom. The molecule has 94 valence electrons. The Hall–Kier alpha value is -1.04. The zero-order chi connectivity index (χ0) is 13.4. The first-order valence-electron chi connectivity index (χ1n) is 6.34. The van der Waals surface area contributed by atoms with Gasteiger partial charge in [0.05, 0.1) is 0 Å². The third-order valence-corrected chi connectivity index (χ3v) is 1.80. The molecule has 0 aliphatic heterocycles. The largest absolute Gasteiger partial charge is 0.103 e. The fourth-order valence-electron chi connectivity index (χ4n) is 1.26. The molecule has 0 N–H and O–H groups in total. The minimum absolute atomic E-state index is 1.20. The molecule has 1 aliphatic carbocycles. The van der Waals surface area contributed by atoms with Crippen LogP contribution in [0, 0.1) is 0 Å². The first kappa shape index (κ1) is 20.4. The maximum Gasteiger partial charge on any atom is -0.0273 e. The highest BCUT2D eigenvalue weighted by Gasteiger charge is 2.07. The Bertz CT molecular complexity index is 176. The van der Waals surface area contributed by atoms with E-state index in [4.69, 9.17) is 0 Å². The van der Waals surface area contributed by atoms with E-state index in [1.54, 1.807) is 6.08 Å². The van der Waals surface area contributed by atoms with Gasteiger partial charge in [0.1, 0.15) is 0 Å². The van der Waals surface area contributed by atoms with Crippen LogP contribution in [0.2, 0.25) is 0 Å². The highest BCUT2D eigenvalue weighted by molar-refractivity contribution is 5.34. The third-order valence-electron chi connectivity index (χ3n) is 1.80. The number of rotatable bonds is 2. The van der Waals surface area contributed by atoms with Gasteiger partial charge in [-0.25, -0.2) is 0 Å². The first-order chi connectivity index (χ1) is 7.79. The van der Waals surface area contributed by atoms with Crippen molar-refractivity contribution in [1.82, 2.24) is 0 Å². The van der Waals surface area contributed by atoms with Gasteiger partial charge in [-0.05, 0) is 37.3 Å². The molecule has 1 rings (SSSR count). The Labute approximate surface area is 103 Å². The summed E-state index contributed by atoms with van der Waals surface area (Å²) in [7, 11) is 0. The van der Waals surface area contributed by atoms with Crippen molar-refractivity contribution in [3.8, 4) is 0 Å². The van der Waals surface area contributed by atoms with Crippen LogP contribution in [-0.2, 0) is 0 Å². The van der Waals surface area contributed by atoms with E-state index in [1.807, 2.05) is 46.8 Å². The van der Waals surface area contributed by atoms with Gasteiger partial charge in [-0.2, -0.15) is 0 Å².